The summed E-state index contributed by atoms with van der Waals surface area (Å²) in [5, 5.41) is 0. The summed E-state index contributed by atoms with van der Waals surface area (Å²) in [5.74, 6) is 0. The summed E-state index contributed by atoms with van der Waals surface area (Å²) in [7, 11) is 0. The fraction of sp³-hybridized carbons (Fsp3) is 0.385. The minimum atomic E-state index is 0. The smallest absolute Gasteiger partial charge is 0.0429 e. The van der Waals surface area contributed by atoms with Crippen molar-refractivity contribution in [2.75, 3.05) is 6.54 Å². The van der Waals surface area contributed by atoms with E-state index in [1.165, 1.54) is 30.5 Å². The molecule has 15 heavy (non-hydrogen) atoms. The Morgan fingerprint density at radius 1 is 1.27 bits per heavy atom. The maximum atomic E-state index is 2.39. The van der Waals surface area contributed by atoms with Crippen molar-refractivity contribution in [1.82, 2.24) is 4.90 Å². The number of unbranched alkanes of at least 4 members (excludes halogenated alkanes) is 1. The van der Waals surface area contributed by atoms with Gasteiger partial charge in [-0.25, -0.2) is 0 Å². The molecule has 0 atom stereocenters. The van der Waals surface area contributed by atoms with E-state index in [0.717, 1.165) is 6.54 Å². The minimum absolute atomic E-state index is 0. The molecule has 1 aliphatic rings. The van der Waals surface area contributed by atoms with E-state index >= 15 is 0 Å². The Labute approximate surface area is 109 Å². The van der Waals surface area contributed by atoms with Crippen LogP contribution in [0.2, 0.25) is 0 Å². The summed E-state index contributed by atoms with van der Waals surface area (Å²) in [6, 6.07) is 8.63. The SMILES string of the molecule is CCCCN1C=Cc2ccccc2C1.I. The summed E-state index contributed by atoms with van der Waals surface area (Å²) in [4.78, 5) is 2.39. The van der Waals surface area contributed by atoms with E-state index < -0.39 is 0 Å². The molecule has 0 amide bonds. The van der Waals surface area contributed by atoms with E-state index in [4.69, 9.17) is 0 Å². The molecule has 1 aromatic rings. The normalized spacial score (nSPS) is 13.3. The molecule has 0 fully saturated rings. The summed E-state index contributed by atoms with van der Waals surface area (Å²) in [6.45, 7) is 4.50. The molecule has 0 spiro atoms. The standard InChI is InChI=1S/C13H17N.HI/c1-2-3-9-14-10-8-12-6-4-5-7-13(12)11-14;/h4-8,10H,2-3,9,11H2,1H3;1H. The summed E-state index contributed by atoms with van der Waals surface area (Å²) in [5.41, 5.74) is 2.83. The van der Waals surface area contributed by atoms with E-state index in [-0.39, 0.29) is 24.0 Å². The zero-order chi connectivity index (χ0) is 9.80. The van der Waals surface area contributed by atoms with Crippen molar-refractivity contribution in [1.29, 1.82) is 0 Å². The van der Waals surface area contributed by atoms with Gasteiger partial charge in [0.15, 0.2) is 0 Å². The molecular weight excluding hydrogens is 297 g/mol. The maximum Gasteiger partial charge on any atom is 0.0429 e. The first-order valence-corrected chi connectivity index (χ1v) is 5.40. The van der Waals surface area contributed by atoms with Crippen molar-refractivity contribution in [3.05, 3.63) is 41.6 Å². The number of benzene rings is 1. The van der Waals surface area contributed by atoms with Gasteiger partial charge in [-0.3, -0.25) is 0 Å². The van der Waals surface area contributed by atoms with Gasteiger partial charge in [0.1, 0.15) is 0 Å². The maximum absolute atomic E-state index is 2.39. The molecule has 0 bridgehead atoms. The van der Waals surface area contributed by atoms with Gasteiger partial charge < -0.3 is 4.90 Å². The van der Waals surface area contributed by atoms with Crippen LogP contribution in [0.3, 0.4) is 0 Å². The molecule has 1 heterocycles. The Morgan fingerprint density at radius 2 is 2.07 bits per heavy atom. The molecule has 1 nitrogen and oxygen atoms in total. The number of nitrogens with zero attached hydrogens (tertiary/aromatic N) is 1. The Hall–Kier alpha value is -0.510. The van der Waals surface area contributed by atoms with Crippen LogP contribution < -0.4 is 0 Å². The Kier molecular flexibility index (Phi) is 5.15. The molecule has 2 heteroatoms. The molecule has 0 radical (unpaired) electrons. The first kappa shape index (κ1) is 12.6. The van der Waals surface area contributed by atoms with Gasteiger partial charge in [-0.2, -0.15) is 0 Å². The average Bonchev–Trinajstić information content (AvgIpc) is 2.26. The Bertz CT molecular complexity index is 333. The lowest BCUT2D eigenvalue weighted by Crippen LogP contribution is -2.20. The highest BCUT2D eigenvalue weighted by molar-refractivity contribution is 14.0. The number of hydrogen-bond acceptors (Lipinski definition) is 1. The van der Waals surface area contributed by atoms with Gasteiger partial charge in [-0.1, -0.05) is 37.6 Å². The van der Waals surface area contributed by atoms with Crippen LogP contribution in [0.1, 0.15) is 30.9 Å². The van der Waals surface area contributed by atoms with Crippen molar-refractivity contribution >= 4 is 30.1 Å². The molecule has 2 rings (SSSR count). The van der Waals surface area contributed by atoms with Gasteiger partial charge in [-0.05, 0) is 29.8 Å². The van der Waals surface area contributed by atoms with Gasteiger partial charge in [0.25, 0.3) is 0 Å². The van der Waals surface area contributed by atoms with E-state index in [1.807, 2.05) is 0 Å². The number of hydrogen-bond donors (Lipinski definition) is 0. The Morgan fingerprint density at radius 3 is 2.87 bits per heavy atom. The molecule has 0 N–H and O–H groups in total. The third-order valence-electron chi connectivity index (χ3n) is 2.69. The quantitative estimate of drug-likeness (QED) is 0.765. The highest BCUT2D eigenvalue weighted by atomic mass is 127. The van der Waals surface area contributed by atoms with Crippen molar-refractivity contribution in [2.45, 2.75) is 26.3 Å². The van der Waals surface area contributed by atoms with Crippen molar-refractivity contribution in [3.63, 3.8) is 0 Å². The van der Waals surface area contributed by atoms with Crippen molar-refractivity contribution < 1.29 is 0 Å². The van der Waals surface area contributed by atoms with Crippen LogP contribution in [0.15, 0.2) is 30.5 Å². The zero-order valence-corrected chi connectivity index (χ0v) is 11.5. The fourth-order valence-corrected chi connectivity index (χ4v) is 1.81. The molecule has 0 saturated heterocycles. The molecule has 0 unspecified atom stereocenters. The van der Waals surface area contributed by atoms with E-state index in [9.17, 15) is 0 Å². The second-order valence-corrected chi connectivity index (χ2v) is 3.84. The van der Waals surface area contributed by atoms with Crippen LogP contribution in [0.25, 0.3) is 6.08 Å². The topological polar surface area (TPSA) is 3.24 Å². The summed E-state index contributed by atoms with van der Waals surface area (Å²) in [6.07, 6.45) is 6.99. The summed E-state index contributed by atoms with van der Waals surface area (Å²) < 4.78 is 0. The van der Waals surface area contributed by atoms with Gasteiger partial charge in [-0.15, -0.1) is 24.0 Å². The minimum Gasteiger partial charge on any atom is -0.373 e. The summed E-state index contributed by atoms with van der Waals surface area (Å²) >= 11 is 0. The first-order chi connectivity index (χ1) is 6.90. The molecule has 0 aliphatic carbocycles. The number of fused-ring (bicyclic) bond motifs is 1. The van der Waals surface area contributed by atoms with E-state index in [1.54, 1.807) is 0 Å². The van der Waals surface area contributed by atoms with Crippen LogP contribution in [-0.2, 0) is 6.54 Å². The lowest BCUT2D eigenvalue weighted by atomic mass is 10.0. The third kappa shape index (κ3) is 3.23. The van der Waals surface area contributed by atoms with Crippen LogP contribution in [-0.4, -0.2) is 11.4 Å². The molecule has 82 valence electrons. The lowest BCUT2D eigenvalue weighted by Gasteiger charge is -2.25. The third-order valence-corrected chi connectivity index (χ3v) is 2.69. The monoisotopic (exact) mass is 315 g/mol. The highest BCUT2D eigenvalue weighted by Gasteiger charge is 2.08. The van der Waals surface area contributed by atoms with Gasteiger partial charge >= 0.3 is 0 Å². The molecule has 0 saturated carbocycles. The van der Waals surface area contributed by atoms with Crippen LogP contribution in [0.4, 0.5) is 0 Å². The second kappa shape index (κ2) is 6.16. The molecule has 1 aliphatic heterocycles. The molecule has 1 aromatic carbocycles. The fourth-order valence-electron chi connectivity index (χ4n) is 1.81. The van der Waals surface area contributed by atoms with Crippen molar-refractivity contribution in [3.8, 4) is 0 Å². The van der Waals surface area contributed by atoms with E-state index in [0.29, 0.717) is 0 Å². The molecule has 0 aromatic heterocycles. The van der Waals surface area contributed by atoms with Crippen LogP contribution >= 0.6 is 24.0 Å². The number of halogens is 1. The van der Waals surface area contributed by atoms with Gasteiger partial charge in [0.05, 0.1) is 0 Å². The lowest BCUT2D eigenvalue weighted by molar-refractivity contribution is 0.359. The predicted molar refractivity (Wildman–Crippen MR) is 76.2 cm³/mol. The largest absolute Gasteiger partial charge is 0.373 e. The average molecular weight is 315 g/mol. The van der Waals surface area contributed by atoms with Gasteiger partial charge in [0.2, 0.25) is 0 Å². The highest BCUT2D eigenvalue weighted by Crippen LogP contribution is 2.19. The molecular formula is C13H18IN. The van der Waals surface area contributed by atoms with Gasteiger partial charge in [0, 0.05) is 13.1 Å². The number of rotatable bonds is 3. The van der Waals surface area contributed by atoms with Crippen LogP contribution in [0, 0.1) is 0 Å². The predicted octanol–water partition coefficient (Wildman–Crippen LogP) is 3.89. The Balaban J connectivity index is 0.00000112. The van der Waals surface area contributed by atoms with E-state index in [2.05, 4.69) is 48.4 Å². The zero-order valence-electron chi connectivity index (χ0n) is 9.15. The van der Waals surface area contributed by atoms with Crippen molar-refractivity contribution in [2.24, 2.45) is 0 Å². The van der Waals surface area contributed by atoms with Crippen LogP contribution in [0.5, 0.6) is 0 Å². The second-order valence-electron chi connectivity index (χ2n) is 3.84. The first-order valence-electron chi connectivity index (χ1n) is 5.40.